The first kappa shape index (κ1) is 23.7. The molecule has 0 amide bonds. The van der Waals surface area contributed by atoms with Crippen LogP contribution in [0.15, 0.2) is 47.2 Å². The smallest absolute Gasteiger partial charge is 0.171 e. The molecule has 5 rings (SSSR count). The van der Waals surface area contributed by atoms with Crippen LogP contribution in [-0.4, -0.2) is 0 Å². The van der Waals surface area contributed by atoms with Crippen LogP contribution >= 0.6 is 34.0 Å². The van der Waals surface area contributed by atoms with Crippen LogP contribution in [0, 0.1) is 46.5 Å². The van der Waals surface area contributed by atoms with Gasteiger partial charge in [-0.1, -0.05) is 12.1 Å². The molecule has 0 radical (unpaired) electrons. The van der Waals surface area contributed by atoms with Crippen molar-refractivity contribution >= 4 is 34.0 Å². The summed E-state index contributed by atoms with van der Waals surface area (Å²) >= 11 is 2.05. The third kappa shape index (κ3) is 3.69. The Morgan fingerprint density at radius 3 is 0.914 bits per heavy atom. The predicted octanol–water partition coefficient (Wildman–Crippen LogP) is 9.65. The Hall–Kier alpha value is -3.02. The summed E-state index contributed by atoms with van der Waals surface area (Å²) in [7, 11) is 0. The van der Waals surface area contributed by atoms with Crippen molar-refractivity contribution in [1.29, 1.82) is 0 Å². The fourth-order valence-electron chi connectivity index (χ4n) is 3.58. The van der Waals surface area contributed by atoms with Gasteiger partial charge >= 0.3 is 0 Å². The van der Waals surface area contributed by atoms with E-state index in [1.54, 1.807) is 0 Å². The van der Waals surface area contributed by atoms with E-state index in [1.165, 1.54) is 35.0 Å². The van der Waals surface area contributed by atoms with Crippen LogP contribution < -0.4 is 0 Å². The second-order valence-corrected chi connectivity index (χ2v) is 10.1. The number of benzene rings is 2. The van der Waals surface area contributed by atoms with Crippen LogP contribution in [0.2, 0.25) is 0 Å². The Morgan fingerprint density at radius 2 is 0.657 bits per heavy atom. The molecule has 0 fully saturated rings. The van der Waals surface area contributed by atoms with Gasteiger partial charge in [0.2, 0.25) is 0 Å². The zero-order valence-electron chi connectivity index (χ0n) is 16.9. The van der Waals surface area contributed by atoms with Gasteiger partial charge in [-0.3, -0.25) is 0 Å². The van der Waals surface area contributed by atoms with Gasteiger partial charge < -0.3 is 0 Å². The molecule has 2 aromatic carbocycles. The van der Waals surface area contributed by atoms with E-state index in [0.717, 1.165) is 34.8 Å². The second kappa shape index (κ2) is 8.89. The molecule has 0 unspecified atom stereocenters. The third-order valence-electron chi connectivity index (χ3n) is 5.16. The minimum Gasteiger partial charge on any atom is -0.203 e. The summed E-state index contributed by atoms with van der Waals surface area (Å²) in [6.45, 7) is 0. The van der Waals surface area contributed by atoms with Crippen LogP contribution in [-0.2, 0) is 0 Å². The molecule has 0 atom stereocenters. The molecule has 0 aliphatic carbocycles. The predicted molar refractivity (Wildman–Crippen MR) is 121 cm³/mol. The largest absolute Gasteiger partial charge is 0.203 e. The van der Waals surface area contributed by atoms with E-state index >= 15 is 0 Å². The maximum atomic E-state index is 14.9. The summed E-state index contributed by atoms with van der Waals surface area (Å²) in [5.74, 6) is -13.5. The SMILES string of the molecule is Fc1c(F)c(-c2ccc(-c3c(F)c(F)c(-c4cccs4)c(F)c3F)s2)c(F)c(F)c1-c1cccs1. The lowest BCUT2D eigenvalue weighted by molar-refractivity contribution is 0.463. The molecular formula is C24H8F8S3. The highest BCUT2D eigenvalue weighted by Gasteiger charge is 2.31. The van der Waals surface area contributed by atoms with Crippen molar-refractivity contribution in [2.75, 3.05) is 0 Å². The third-order valence-corrected chi connectivity index (χ3v) is 8.06. The lowest BCUT2D eigenvalue weighted by Gasteiger charge is -2.11. The van der Waals surface area contributed by atoms with Crippen LogP contribution in [0.4, 0.5) is 35.1 Å². The van der Waals surface area contributed by atoms with Gasteiger partial charge in [0.25, 0.3) is 0 Å². The van der Waals surface area contributed by atoms with Gasteiger partial charge in [0.15, 0.2) is 46.5 Å². The van der Waals surface area contributed by atoms with E-state index in [0.29, 0.717) is 11.3 Å². The number of thiophene rings is 3. The molecule has 178 valence electrons. The molecule has 0 nitrogen and oxygen atoms in total. The van der Waals surface area contributed by atoms with E-state index in [2.05, 4.69) is 0 Å². The van der Waals surface area contributed by atoms with Crippen LogP contribution in [0.25, 0.3) is 41.8 Å². The van der Waals surface area contributed by atoms with Crippen LogP contribution in [0.1, 0.15) is 0 Å². The summed E-state index contributed by atoms with van der Waals surface area (Å²) < 4.78 is 118. The maximum Gasteiger partial charge on any atom is 0.171 e. The molecule has 0 spiro atoms. The highest BCUT2D eigenvalue weighted by Crippen LogP contribution is 2.45. The summed E-state index contributed by atoms with van der Waals surface area (Å²) in [4.78, 5) is -0.964. The van der Waals surface area contributed by atoms with Gasteiger partial charge in [-0.05, 0) is 35.0 Å². The fraction of sp³-hybridized carbons (Fsp3) is 0. The molecule has 0 saturated carbocycles. The van der Waals surface area contributed by atoms with Crippen LogP contribution in [0.5, 0.6) is 0 Å². The minimum absolute atomic E-state index is 0.0443. The van der Waals surface area contributed by atoms with Crippen molar-refractivity contribution in [1.82, 2.24) is 0 Å². The van der Waals surface area contributed by atoms with Crippen molar-refractivity contribution in [3.8, 4) is 41.8 Å². The highest BCUT2D eigenvalue weighted by atomic mass is 32.1. The first-order valence-corrected chi connectivity index (χ1v) is 12.2. The summed E-state index contributed by atoms with van der Waals surface area (Å²) in [6.07, 6.45) is 0. The molecule has 0 bridgehead atoms. The van der Waals surface area contributed by atoms with E-state index < -0.39 is 78.5 Å². The molecule has 5 aromatic rings. The number of hydrogen-bond donors (Lipinski definition) is 0. The van der Waals surface area contributed by atoms with Gasteiger partial charge in [-0.2, -0.15) is 0 Å². The highest BCUT2D eigenvalue weighted by molar-refractivity contribution is 7.18. The first-order valence-electron chi connectivity index (χ1n) is 9.62. The fourth-order valence-corrected chi connectivity index (χ4v) is 6.16. The summed E-state index contributed by atoms with van der Waals surface area (Å²) in [5.41, 5.74) is -3.98. The molecule has 0 aliphatic heterocycles. The van der Waals surface area contributed by atoms with Crippen molar-refractivity contribution in [3.63, 3.8) is 0 Å². The molecule has 0 aliphatic rings. The lowest BCUT2D eigenvalue weighted by atomic mass is 10.0. The zero-order valence-corrected chi connectivity index (χ0v) is 19.3. The van der Waals surface area contributed by atoms with Gasteiger partial charge in [-0.25, -0.2) is 35.1 Å². The summed E-state index contributed by atoms with van der Waals surface area (Å²) in [6, 6.07) is 7.35. The Bertz CT molecular complexity index is 1390. The zero-order chi connectivity index (χ0) is 25.0. The van der Waals surface area contributed by atoms with Crippen molar-refractivity contribution < 1.29 is 35.1 Å². The molecule has 3 heterocycles. The van der Waals surface area contributed by atoms with Gasteiger partial charge in [-0.15, -0.1) is 34.0 Å². The molecule has 3 aromatic heterocycles. The molecule has 11 heteroatoms. The first-order chi connectivity index (χ1) is 16.7. The molecule has 0 N–H and O–H groups in total. The average molecular weight is 545 g/mol. The Labute approximate surface area is 204 Å². The molecular weight excluding hydrogens is 536 g/mol. The van der Waals surface area contributed by atoms with Crippen LogP contribution in [0.3, 0.4) is 0 Å². The normalized spacial score (nSPS) is 11.4. The van der Waals surface area contributed by atoms with Gasteiger partial charge in [0.05, 0.1) is 22.3 Å². The molecule has 0 saturated heterocycles. The quantitative estimate of drug-likeness (QED) is 0.156. The topological polar surface area (TPSA) is 0 Å². The lowest BCUT2D eigenvalue weighted by Crippen LogP contribution is -2.02. The van der Waals surface area contributed by atoms with E-state index in [-0.39, 0.29) is 9.75 Å². The summed E-state index contributed by atoms with van der Waals surface area (Å²) in [5, 5.41) is 2.93. The Kier molecular flexibility index (Phi) is 6.02. The Balaban J connectivity index is 1.66. The van der Waals surface area contributed by atoms with Gasteiger partial charge in [0.1, 0.15) is 0 Å². The minimum atomic E-state index is -1.72. The number of rotatable bonds is 4. The number of halogens is 8. The van der Waals surface area contributed by atoms with Crippen molar-refractivity contribution in [2.24, 2.45) is 0 Å². The maximum absolute atomic E-state index is 14.9. The number of hydrogen-bond acceptors (Lipinski definition) is 3. The van der Waals surface area contributed by atoms with E-state index in [1.807, 2.05) is 0 Å². The van der Waals surface area contributed by atoms with Gasteiger partial charge in [0, 0.05) is 19.5 Å². The average Bonchev–Trinajstić information content (AvgIpc) is 3.61. The molecule has 35 heavy (non-hydrogen) atoms. The van der Waals surface area contributed by atoms with Crippen molar-refractivity contribution in [3.05, 3.63) is 93.7 Å². The monoisotopic (exact) mass is 544 g/mol. The second-order valence-electron chi connectivity index (χ2n) is 7.13. The Morgan fingerprint density at radius 1 is 0.371 bits per heavy atom. The van der Waals surface area contributed by atoms with Crippen molar-refractivity contribution in [2.45, 2.75) is 0 Å². The van der Waals surface area contributed by atoms with E-state index in [9.17, 15) is 35.1 Å². The van der Waals surface area contributed by atoms with E-state index in [4.69, 9.17) is 0 Å². The standard InChI is InChI=1S/C24H8F8S3/c25-17-13(9-3-1-7-33-9)18(26)22(30)15(21(17)29)11-5-6-12(35-11)16-23(31)19(27)14(20(28)24(16)32)10-4-2-8-34-10/h1-8H.